The Kier molecular flexibility index (Phi) is 4.60. The molecule has 1 rings (SSSR count). The largest absolute Gasteiger partial charge is 0.461 e. The zero-order valence-electron chi connectivity index (χ0n) is 8.15. The van der Waals surface area contributed by atoms with E-state index in [4.69, 9.17) is 16.0 Å². The number of nitrogens with zero attached hydrogens (tertiary/aromatic N) is 1. The maximum absolute atomic E-state index is 11.2. The number of rotatable bonds is 5. The molecule has 1 heterocycles. The van der Waals surface area contributed by atoms with Gasteiger partial charge in [-0.25, -0.2) is 15.3 Å². The standard InChI is InChI=1S/C9H10N2O3S/c1-3-5-14-11-9-10-7(6-15-9)8(12)13-4-2/h1,6H,4-5H2,2H3,(H,10,11). The van der Waals surface area contributed by atoms with Crippen molar-refractivity contribution in [3.63, 3.8) is 0 Å². The minimum atomic E-state index is -0.446. The Hall–Kier alpha value is -1.58. The van der Waals surface area contributed by atoms with Gasteiger partial charge in [0, 0.05) is 5.38 Å². The van der Waals surface area contributed by atoms with Crippen LogP contribution in [0.1, 0.15) is 17.4 Å². The average Bonchev–Trinajstić information content (AvgIpc) is 2.67. The van der Waals surface area contributed by atoms with Crippen molar-refractivity contribution in [2.24, 2.45) is 0 Å². The lowest BCUT2D eigenvalue weighted by Gasteiger charge is -1.98. The molecule has 0 bridgehead atoms. The van der Waals surface area contributed by atoms with Gasteiger partial charge in [-0.05, 0) is 6.92 Å². The molecule has 0 fully saturated rings. The second-order valence-electron chi connectivity index (χ2n) is 2.35. The summed E-state index contributed by atoms with van der Waals surface area (Å²) in [7, 11) is 0. The first-order valence-electron chi connectivity index (χ1n) is 4.21. The number of terminal acetylenes is 1. The third kappa shape index (κ3) is 3.58. The van der Waals surface area contributed by atoms with Crippen LogP contribution < -0.4 is 5.48 Å². The molecule has 0 atom stereocenters. The first-order chi connectivity index (χ1) is 7.27. The molecule has 0 aromatic carbocycles. The van der Waals surface area contributed by atoms with Crippen LogP contribution in [0.2, 0.25) is 0 Å². The van der Waals surface area contributed by atoms with E-state index in [0.717, 1.165) is 0 Å². The summed E-state index contributed by atoms with van der Waals surface area (Å²) in [6, 6.07) is 0. The molecule has 80 valence electrons. The topological polar surface area (TPSA) is 60.5 Å². The number of aromatic nitrogens is 1. The molecule has 0 spiro atoms. The maximum atomic E-state index is 11.2. The van der Waals surface area contributed by atoms with Gasteiger partial charge in [0.1, 0.15) is 6.61 Å². The Morgan fingerprint density at radius 3 is 3.27 bits per heavy atom. The molecule has 0 aliphatic heterocycles. The van der Waals surface area contributed by atoms with Crippen molar-refractivity contribution >= 4 is 22.4 Å². The molecule has 0 radical (unpaired) electrons. The molecule has 15 heavy (non-hydrogen) atoms. The summed E-state index contributed by atoms with van der Waals surface area (Å²) in [5.74, 6) is 1.84. The van der Waals surface area contributed by atoms with Crippen LogP contribution in [0, 0.1) is 12.3 Å². The summed E-state index contributed by atoms with van der Waals surface area (Å²) >= 11 is 1.24. The molecule has 1 aromatic heterocycles. The fraction of sp³-hybridized carbons (Fsp3) is 0.333. The normalized spacial score (nSPS) is 9.33. The van der Waals surface area contributed by atoms with E-state index in [1.165, 1.54) is 11.3 Å². The van der Waals surface area contributed by atoms with Crippen LogP contribution in [0.5, 0.6) is 0 Å². The molecule has 1 N–H and O–H groups in total. The molecule has 0 saturated heterocycles. The Balaban J connectivity index is 2.49. The highest BCUT2D eigenvalue weighted by Gasteiger charge is 2.10. The summed E-state index contributed by atoms with van der Waals surface area (Å²) in [5, 5.41) is 2.05. The predicted molar refractivity (Wildman–Crippen MR) is 56.5 cm³/mol. The highest BCUT2D eigenvalue weighted by atomic mass is 32.1. The van der Waals surface area contributed by atoms with Gasteiger partial charge in [0.2, 0.25) is 5.13 Å². The summed E-state index contributed by atoms with van der Waals surface area (Å²) in [5.41, 5.74) is 2.78. The van der Waals surface area contributed by atoms with E-state index < -0.39 is 5.97 Å². The molecule has 0 aliphatic rings. The SMILES string of the molecule is C#CCONc1nc(C(=O)OCC)cs1. The summed E-state index contributed by atoms with van der Waals surface area (Å²) in [4.78, 5) is 20.0. The quantitative estimate of drug-likeness (QED) is 0.355. The number of hydrogen-bond donors (Lipinski definition) is 1. The van der Waals surface area contributed by atoms with Gasteiger partial charge in [-0.3, -0.25) is 4.84 Å². The Morgan fingerprint density at radius 2 is 2.60 bits per heavy atom. The van der Waals surface area contributed by atoms with Crippen LogP contribution in [0.4, 0.5) is 5.13 Å². The summed E-state index contributed by atoms with van der Waals surface area (Å²) in [6.45, 7) is 2.19. The lowest BCUT2D eigenvalue weighted by atomic mass is 10.5. The van der Waals surface area contributed by atoms with Crippen molar-refractivity contribution < 1.29 is 14.4 Å². The number of thiazole rings is 1. The van der Waals surface area contributed by atoms with E-state index in [1.54, 1.807) is 12.3 Å². The molecule has 0 saturated carbocycles. The van der Waals surface area contributed by atoms with Crippen molar-refractivity contribution in [1.82, 2.24) is 4.98 Å². The Labute approximate surface area is 91.4 Å². The Bertz CT molecular complexity index is 370. The molecule has 0 unspecified atom stereocenters. The van der Waals surface area contributed by atoms with E-state index in [9.17, 15) is 4.79 Å². The van der Waals surface area contributed by atoms with E-state index >= 15 is 0 Å². The fourth-order valence-corrected chi connectivity index (χ4v) is 1.39. The summed E-state index contributed by atoms with van der Waals surface area (Å²) < 4.78 is 4.77. The predicted octanol–water partition coefficient (Wildman–Crippen LogP) is 1.30. The van der Waals surface area contributed by atoms with Gasteiger partial charge >= 0.3 is 5.97 Å². The minimum Gasteiger partial charge on any atom is -0.461 e. The maximum Gasteiger partial charge on any atom is 0.357 e. The number of carbonyl (C=O) groups is 1. The molecule has 0 amide bonds. The van der Waals surface area contributed by atoms with Crippen LogP contribution in [0.3, 0.4) is 0 Å². The zero-order chi connectivity index (χ0) is 11.1. The average molecular weight is 226 g/mol. The van der Waals surface area contributed by atoms with E-state index in [2.05, 4.69) is 16.4 Å². The van der Waals surface area contributed by atoms with Gasteiger partial charge < -0.3 is 4.74 Å². The van der Waals surface area contributed by atoms with Crippen LogP contribution in [-0.2, 0) is 9.57 Å². The van der Waals surface area contributed by atoms with Crippen molar-refractivity contribution in [3.8, 4) is 12.3 Å². The molecular formula is C9H10N2O3S. The van der Waals surface area contributed by atoms with Crippen LogP contribution in [0.15, 0.2) is 5.38 Å². The smallest absolute Gasteiger partial charge is 0.357 e. The lowest BCUT2D eigenvalue weighted by molar-refractivity contribution is 0.0520. The molecule has 5 nitrogen and oxygen atoms in total. The number of esters is 1. The van der Waals surface area contributed by atoms with Gasteiger partial charge in [0.25, 0.3) is 0 Å². The first-order valence-corrected chi connectivity index (χ1v) is 5.09. The third-order valence-electron chi connectivity index (χ3n) is 1.30. The Morgan fingerprint density at radius 1 is 1.80 bits per heavy atom. The summed E-state index contributed by atoms with van der Waals surface area (Å²) in [6.07, 6.45) is 4.98. The zero-order valence-corrected chi connectivity index (χ0v) is 8.97. The van der Waals surface area contributed by atoms with Crippen LogP contribution in [-0.4, -0.2) is 24.2 Å². The van der Waals surface area contributed by atoms with Gasteiger partial charge in [-0.15, -0.1) is 17.8 Å². The number of ether oxygens (including phenoxy) is 1. The number of carbonyl (C=O) groups excluding carboxylic acids is 1. The first kappa shape index (κ1) is 11.5. The van der Waals surface area contributed by atoms with Crippen LogP contribution in [0.25, 0.3) is 0 Å². The van der Waals surface area contributed by atoms with Gasteiger partial charge in [0.15, 0.2) is 5.69 Å². The van der Waals surface area contributed by atoms with E-state index in [0.29, 0.717) is 11.7 Å². The molecular weight excluding hydrogens is 216 g/mol. The van der Waals surface area contributed by atoms with E-state index in [-0.39, 0.29) is 12.3 Å². The highest BCUT2D eigenvalue weighted by Crippen LogP contribution is 2.15. The van der Waals surface area contributed by atoms with Gasteiger partial charge in [-0.2, -0.15) is 0 Å². The van der Waals surface area contributed by atoms with Gasteiger partial charge in [0.05, 0.1) is 6.61 Å². The van der Waals surface area contributed by atoms with Crippen molar-refractivity contribution in [1.29, 1.82) is 0 Å². The van der Waals surface area contributed by atoms with Crippen molar-refractivity contribution in [2.75, 3.05) is 18.7 Å². The van der Waals surface area contributed by atoms with Gasteiger partial charge in [-0.1, -0.05) is 5.92 Å². The van der Waals surface area contributed by atoms with Crippen molar-refractivity contribution in [2.45, 2.75) is 6.92 Å². The number of hydrogen-bond acceptors (Lipinski definition) is 6. The highest BCUT2D eigenvalue weighted by molar-refractivity contribution is 7.13. The number of nitrogens with one attached hydrogen (secondary N) is 1. The van der Waals surface area contributed by atoms with Crippen LogP contribution >= 0.6 is 11.3 Å². The molecule has 6 heteroatoms. The monoisotopic (exact) mass is 226 g/mol. The third-order valence-corrected chi connectivity index (χ3v) is 2.04. The fourth-order valence-electron chi connectivity index (χ4n) is 0.759. The second kappa shape index (κ2) is 6.01. The lowest BCUT2D eigenvalue weighted by Crippen LogP contribution is -2.06. The number of anilines is 1. The van der Waals surface area contributed by atoms with Crippen molar-refractivity contribution in [3.05, 3.63) is 11.1 Å². The minimum absolute atomic E-state index is 0.133. The van der Waals surface area contributed by atoms with E-state index in [1.807, 2.05) is 0 Å². The molecule has 1 aromatic rings. The molecule has 0 aliphatic carbocycles. The second-order valence-corrected chi connectivity index (χ2v) is 3.21.